The zero-order valence-electron chi connectivity index (χ0n) is 10.5. The average Bonchev–Trinajstić information content (AvgIpc) is 2.21. The van der Waals surface area contributed by atoms with E-state index in [-0.39, 0.29) is 0 Å². The maximum absolute atomic E-state index is 11.8. The molecule has 1 aliphatic carbocycles. The third kappa shape index (κ3) is 3.94. The van der Waals surface area contributed by atoms with Gasteiger partial charge in [-0.1, -0.05) is 20.3 Å². The Hall–Kier alpha value is -0.370. The normalized spacial score (nSPS) is 27.3. The van der Waals surface area contributed by atoms with Gasteiger partial charge >= 0.3 is 0 Å². The largest absolute Gasteiger partial charge is 0.306 e. The smallest absolute Gasteiger partial charge is 0.137 e. The maximum Gasteiger partial charge on any atom is 0.137 e. The summed E-state index contributed by atoms with van der Waals surface area (Å²) >= 11 is 0. The van der Waals surface area contributed by atoms with Gasteiger partial charge in [0.25, 0.3) is 0 Å². The minimum Gasteiger partial charge on any atom is -0.306 e. The van der Waals surface area contributed by atoms with Gasteiger partial charge < -0.3 is 4.90 Å². The zero-order chi connectivity index (χ0) is 11.3. The Bertz CT molecular complexity index is 203. The van der Waals surface area contributed by atoms with Gasteiger partial charge in [-0.3, -0.25) is 4.79 Å². The number of Topliss-reactive ketones (excluding diaryl/α,β-unsaturated/α-hetero) is 1. The molecule has 15 heavy (non-hydrogen) atoms. The highest BCUT2D eigenvalue weighted by atomic mass is 16.1. The van der Waals surface area contributed by atoms with E-state index in [1.165, 1.54) is 12.8 Å². The molecular formula is C13H25NO. The summed E-state index contributed by atoms with van der Waals surface area (Å²) in [5.41, 5.74) is 0. The van der Waals surface area contributed by atoms with E-state index in [0.29, 0.717) is 11.7 Å². The lowest BCUT2D eigenvalue weighted by Crippen LogP contribution is -2.35. The predicted molar refractivity (Wildman–Crippen MR) is 63.9 cm³/mol. The van der Waals surface area contributed by atoms with E-state index in [0.717, 1.165) is 38.3 Å². The van der Waals surface area contributed by atoms with Gasteiger partial charge in [0.05, 0.1) is 0 Å². The number of hydrogen-bond donors (Lipinski definition) is 0. The highest BCUT2D eigenvalue weighted by molar-refractivity contribution is 5.81. The molecule has 2 atom stereocenters. The summed E-state index contributed by atoms with van der Waals surface area (Å²) in [6.07, 6.45) is 5.49. The number of carbonyl (C=O) groups is 1. The van der Waals surface area contributed by atoms with Crippen molar-refractivity contribution in [2.24, 2.45) is 11.8 Å². The Labute approximate surface area is 94.0 Å². The summed E-state index contributed by atoms with van der Waals surface area (Å²) in [5.74, 6) is 1.62. The van der Waals surface area contributed by atoms with Crippen molar-refractivity contribution in [3.63, 3.8) is 0 Å². The van der Waals surface area contributed by atoms with E-state index in [9.17, 15) is 4.79 Å². The molecule has 2 nitrogen and oxygen atoms in total. The number of rotatable bonds is 5. The molecular weight excluding hydrogens is 186 g/mol. The van der Waals surface area contributed by atoms with Gasteiger partial charge in [-0.15, -0.1) is 0 Å². The van der Waals surface area contributed by atoms with Crippen LogP contribution in [0.2, 0.25) is 0 Å². The van der Waals surface area contributed by atoms with E-state index < -0.39 is 0 Å². The molecule has 0 aromatic rings. The molecule has 0 aliphatic heterocycles. The molecule has 0 bridgehead atoms. The summed E-state index contributed by atoms with van der Waals surface area (Å²) in [6, 6.07) is 0. The van der Waals surface area contributed by atoms with E-state index >= 15 is 0 Å². The molecule has 1 fully saturated rings. The predicted octanol–water partition coefficient (Wildman–Crippen LogP) is 2.72. The third-order valence-corrected chi connectivity index (χ3v) is 3.59. The van der Waals surface area contributed by atoms with E-state index in [4.69, 9.17) is 0 Å². The molecule has 0 heterocycles. The molecule has 1 saturated carbocycles. The van der Waals surface area contributed by atoms with Crippen molar-refractivity contribution >= 4 is 5.78 Å². The Kier molecular flexibility index (Phi) is 5.30. The molecule has 0 amide bonds. The quantitative estimate of drug-likeness (QED) is 0.697. The average molecular weight is 211 g/mol. The van der Waals surface area contributed by atoms with Crippen LogP contribution >= 0.6 is 0 Å². The van der Waals surface area contributed by atoms with Crippen molar-refractivity contribution in [3.8, 4) is 0 Å². The first-order chi connectivity index (χ1) is 7.17. The van der Waals surface area contributed by atoms with Crippen LogP contribution in [0.25, 0.3) is 0 Å². The first-order valence-electron chi connectivity index (χ1n) is 6.38. The fraction of sp³-hybridized carbons (Fsp3) is 0.923. The van der Waals surface area contributed by atoms with Gasteiger partial charge in [-0.25, -0.2) is 0 Å². The summed E-state index contributed by atoms with van der Waals surface area (Å²) in [6.45, 7) is 6.52. The van der Waals surface area contributed by atoms with Crippen LogP contribution in [-0.4, -0.2) is 30.8 Å². The minimum atomic E-state index is 0.320. The number of hydrogen-bond acceptors (Lipinski definition) is 2. The molecule has 0 saturated heterocycles. The SMILES string of the molecule is CCCN(C)CC1CC(CC)CCC1=O. The summed E-state index contributed by atoms with van der Waals surface area (Å²) in [5, 5.41) is 0. The molecule has 0 aromatic carbocycles. The van der Waals surface area contributed by atoms with Crippen LogP contribution in [0.15, 0.2) is 0 Å². The van der Waals surface area contributed by atoms with Crippen molar-refractivity contribution in [2.75, 3.05) is 20.1 Å². The van der Waals surface area contributed by atoms with Crippen LogP contribution < -0.4 is 0 Å². The third-order valence-electron chi connectivity index (χ3n) is 3.59. The first-order valence-corrected chi connectivity index (χ1v) is 6.38. The van der Waals surface area contributed by atoms with Crippen molar-refractivity contribution in [2.45, 2.75) is 46.0 Å². The lowest BCUT2D eigenvalue weighted by Gasteiger charge is -2.30. The van der Waals surface area contributed by atoms with Gasteiger partial charge in [0.1, 0.15) is 5.78 Å². The van der Waals surface area contributed by atoms with E-state index in [2.05, 4.69) is 25.8 Å². The number of carbonyl (C=O) groups excluding carboxylic acids is 1. The van der Waals surface area contributed by atoms with Gasteiger partial charge in [0.2, 0.25) is 0 Å². The van der Waals surface area contributed by atoms with Crippen LogP contribution in [0.4, 0.5) is 0 Å². The standard InChI is InChI=1S/C13H25NO/c1-4-8-14(3)10-12-9-11(5-2)6-7-13(12)15/h11-12H,4-10H2,1-3H3. The molecule has 2 heteroatoms. The fourth-order valence-corrected chi connectivity index (χ4v) is 2.60. The Balaban J connectivity index is 2.40. The van der Waals surface area contributed by atoms with Crippen LogP contribution in [-0.2, 0) is 4.79 Å². The summed E-state index contributed by atoms with van der Waals surface area (Å²) in [7, 11) is 2.13. The molecule has 2 unspecified atom stereocenters. The molecule has 0 radical (unpaired) electrons. The van der Waals surface area contributed by atoms with Crippen molar-refractivity contribution in [3.05, 3.63) is 0 Å². The van der Waals surface area contributed by atoms with E-state index in [1.54, 1.807) is 0 Å². The molecule has 88 valence electrons. The maximum atomic E-state index is 11.8. The van der Waals surface area contributed by atoms with Crippen LogP contribution in [0.1, 0.15) is 46.0 Å². The highest BCUT2D eigenvalue weighted by Gasteiger charge is 2.28. The lowest BCUT2D eigenvalue weighted by molar-refractivity contribution is -0.126. The number of nitrogens with zero attached hydrogens (tertiary/aromatic N) is 1. The Morgan fingerprint density at radius 1 is 1.40 bits per heavy atom. The molecule has 0 N–H and O–H groups in total. The highest BCUT2D eigenvalue weighted by Crippen LogP contribution is 2.28. The van der Waals surface area contributed by atoms with Crippen LogP contribution in [0.3, 0.4) is 0 Å². The first kappa shape index (κ1) is 12.7. The van der Waals surface area contributed by atoms with Crippen LogP contribution in [0, 0.1) is 11.8 Å². The van der Waals surface area contributed by atoms with E-state index in [1.807, 2.05) is 0 Å². The second-order valence-electron chi connectivity index (χ2n) is 4.97. The van der Waals surface area contributed by atoms with Gasteiger partial charge in [-0.05, 0) is 38.8 Å². The topological polar surface area (TPSA) is 20.3 Å². The monoisotopic (exact) mass is 211 g/mol. The number of ketones is 1. The van der Waals surface area contributed by atoms with Gasteiger partial charge in [-0.2, -0.15) is 0 Å². The molecule has 1 rings (SSSR count). The van der Waals surface area contributed by atoms with Crippen molar-refractivity contribution in [1.82, 2.24) is 4.90 Å². The second kappa shape index (κ2) is 6.26. The second-order valence-corrected chi connectivity index (χ2v) is 4.97. The van der Waals surface area contributed by atoms with Gasteiger partial charge in [0.15, 0.2) is 0 Å². The van der Waals surface area contributed by atoms with Gasteiger partial charge in [0, 0.05) is 18.9 Å². The Morgan fingerprint density at radius 2 is 2.13 bits per heavy atom. The molecule has 1 aliphatic rings. The molecule has 0 aromatic heterocycles. The van der Waals surface area contributed by atoms with Crippen molar-refractivity contribution < 1.29 is 4.79 Å². The van der Waals surface area contributed by atoms with Crippen molar-refractivity contribution in [1.29, 1.82) is 0 Å². The Morgan fingerprint density at radius 3 is 2.73 bits per heavy atom. The van der Waals surface area contributed by atoms with Crippen LogP contribution in [0.5, 0.6) is 0 Å². The summed E-state index contributed by atoms with van der Waals surface area (Å²) < 4.78 is 0. The minimum absolute atomic E-state index is 0.320. The molecule has 0 spiro atoms. The fourth-order valence-electron chi connectivity index (χ4n) is 2.60. The lowest BCUT2D eigenvalue weighted by atomic mass is 9.79. The zero-order valence-corrected chi connectivity index (χ0v) is 10.5. The summed E-state index contributed by atoms with van der Waals surface area (Å²) in [4.78, 5) is 14.1.